The summed E-state index contributed by atoms with van der Waals surface area (Å²) in [4.78, 5) is 0. The quantitative estimate of drug-likeness (QED) is 0.854. The molecule has 0 radical (unpaired) electrons. The molecule has 0 fully saturated rings. The highest BCUT2D eigenvalue weighted by Crippen LogP contribution is 2.23. The predicted octanol–water partition coefficient (Wildman–Crippen LogP) is 2.34. The maximum absolute atomic E-state index is 5.66. The summed E-state index contributed by atoms with van der Waals surface area (Å²) in [6, 6.07) is 8.33. The van der Waals surface area contributed by atoms with E-state index < -0.39 is 0 Å². The number of hydrogen-bond donors (Lipinski definition) is 1. The molecule has 0 aliphatic rings. The maximum atomic E-state index is 5.66. The number of aryl methyl sites for hydroxylation is 2. The molecule has 0 saturated heterocycles. The van der Waals surface area contributed by atoms with Crippen LogP contribution >= 0.6 is 0 Å². The van der Waals surface area contributed by atoms with E-state index in [1.165, 1.54) is 16.8 Å². The third-order valence-corrected chi connectivity index (χ3v) is 2.76. The average Bonchev–Trinajstić information content (AvgIpc) is 2.70. The van der Waals surface area contributed by atoms with Gasteiger partial charge in [-0.3, -0.25) is 4.68 Å². The molecule has 1 heterocycles. The van der Waals surface area contributed by atoms with Crippen LogP contribution in [0.2, 0.25) is 0 Å². The molecule has 0 amide bonds. The highest BCUT2D eigenvalue weighted by Gasteiger charge is 2.08. The van der Waals surface area contributed by atoms with Gasteiger partial charge in [-0.15, -0.1) is 0 Å². The first kappa shape index (κ1) is 10.9. The molecule has 0 unspecified atom stereocenters. The minimum absolute atomic E-state index is 0.577. The summed E-state index contributed by atoms with van der Waals surface area (Å²) in [5, 5.41) is 4.35. The molecule has 3 heteroatoms. The number of nitrogens with two attached hydrogens (primary N) is 1. The van der Waals surface area contributed by atoms with Crippen molar-refractivity contribution in [2.24, 2.45) is 5.73 Å². The molecule has 0 bridgehead atoms. The van der Waals surface area contributed by atoms with E-state index in [1.54, 1.807) is 0 Å². The van der Waals surface area contributed by atoms with Gasteiger partial charge in [0.15, 0.2) is 0 Å². The fourth-order valence-corrected chi connectivity index (χ4v) is 1.94. The average molecular weight is 215 g/mol. The summed E-state index contributed by atoms with van der Waals surface area (Å²) in [7, 11) is 0. The summed E-state index contributed by atoms with van der Waals surface area (Å²) in [6.45, 7) is 5.65. The molecular weight excluding hydrogens is 198 g/mol. The predicted molar refractivity (Wildman–Crippen MR) is 66.0 cm³/mol. The van der Waals surface area contributed by atoms with Crippen molar-refractivity contribution >= 4 is 0 Å². The number of rotatable bonds is 3. The van der Waals surface area contributed by atoms with Crippen molar-refractivity contribution in [1.29, 1.82) is 0 Å². The second-order valence-electron chi connectivity index (χ2n) is 3.90. The van der Waals surface area contributed by atoms with Gasteiger partial charge in [-0.2, -0.15) is 5.10 Å². The summed E-state index contributed by atoms with van der Waals surface area (Å²) < 4.78 is 2.02. The number of aromatic nitrogens is 2. The Morgan fingerprint density at radius 2 is 2.19 bits per heavy atom. The Hall–Kier alpha value is -1.61. The number of benzene rings is 1. The van der Waals surface area contributed by atoms with Crippen molar-refractivity contribution in [2.45, 2.75) is 26.9 Å². The van der Waals surface area contributed by atoms with Crippen molar-refractivity contribution in [3.8, 4) is 11.3 Å². The zero-order chi connectivity index (χ0) is 11.5. The van der Waals surface area contributed by atoms with Crippen LogP contribution < -0.4 is 5.73 Å². The molecule has 16 heavy (non-hydrogen) atoms. The summed E-state index contributed by atoms with van der Waals surface area (Å²) >= 11 is 0. The Morgan fingerprint density at radius 1 is 1.38 bits per heavy atom. The fraction of sp³-hybridized carbons (Fsp3) is 0.308. The lowest BCUT2D eigenvalue weighted by molar-refractivity contribution is 0.667. The van der Waals surface area contributed by atoms with Gasteiger partial charge in [-0.05, 0) is 31.0 Å². The van der Waals surface area contributed by atoms with Crippen LogP contribution in [-0.4, -0.2) is 9.78 Å². The van der Waals surface area contributed by atoms with Crippen molar-refractivity contribution in [1.82, 2.24) is 9.78 Å². The molecule has 0 aliphatic heterocycles. The molecule has 0 saturated carbocycles. The molecule has 0 atom stereocenters. The molecule has 0 aliphatic carbocycles. The Labute approximate surface area is 95.9 Å². The summed E-state index contributed by atoms with van der Waals surface area (Å²) in [5.74, 6) is 0. The highest BCUT2D eigenvalue weighted by molar-refractivity contribution is 5.63. The lowest BCUT2D eigenvalue weighted by atomic mass is 10.1. The van der Waals surface area contributed by atoms with E-state index in [2.05, 4.69) is 31.1 Å². The van der Waals surface area contributed by atoms with Crippen LogP contribution in [0.4, 0.5) is 0 Å². The van der Waals surface area contributed by atoms with Gasteiger partial charge in [-0.25, -0.2) is 0 Å². The molecular formula is C13H17N3. The first-order valence-corrected chi connectivity index (χ1v) is 5.58. The summed E-state index contributed by atoms with van der Waals surface area (Å²) in [6.07, 6.45) is 1.91. The van der Waals surface area contributed by atoms with E-state index in [0.717, 1.165) is 12.1 Å². The normalized spacial score (nSPS) is 10.7. The first-order chi connectivity index (χ1) is 7.76. The molecule has 2 N–H and O–H groups in total. The van der Waals surface area contributed by atoms with Gasteiger partial charge in [0, 0.05) is 18.7 Å². The molecule has 2 rings (SSSR count). The second kappa shape index (κ2) is 4.49. The van der Waals surface area contributed by atoms with Gasteiger partial charge in [0.1, 0.15) is 0 Å². The standard InChI is InChI=1S/C13H17N3/c1-3-16-13(10(2)9-15-16)12-6-4-5-11(7-12)8-14/h4-7,9H,3,8,14H2,1-2H3. The van der Waals surface area contributed by atoms with Crippen molar-refractivity contribution < 1.29 is 0 Å². The molecule has 0 spiro atoms. The van der Waals surface area contributed by atoms with Crippen molar-refractivity contribution in [3.63, 3.8) is 0 Å². The SMILES string of the molecule is CCn1ncc(C)c1-c1cccc(CN)c1. The van der Waals surface area contributed by atoms with Gasteiger partial charge in [0.2, 0.25) is 0 Å². The van der Waals surface area contributed by atoms with E-state index >= 15 is 0 Å². The fourth-order valence-electron chi connectivity index (χ4n) is 1.94. The van der Waals surface area contributed by atoms with E-state index in [-0.39, 0.29) is 0 Å². The Bertz CT molecular complexity index is 486. The van der Waals surface area contributed by atoms with E-state index in [1.807, 2.05) is 23.0 Å². The van der Waals surface area contributed by atoms with Crippen molar-refractivity contribution in [2.75, 3.05) is 0 Å². The zero-order valence-electron chi connectivity index (χ0n) is 9.77. The zero-order valence-corrected chi connectivity index (χ0v) is 9.77. The molecule has 84 valence electrons. The van der Waals surface area contributed by atoms with Crippen LogP contribution in [0.5, 0.6) is 0 Å². The van der Waals surface area contributed by atoms with Crippen LogP contribution in [0.3, 0.4) is 0 Å². The monoisotopic (exact) mass is 215 g/mol. The van der Waals surface area contributed by atoms with Gasteiger partial charge < -0.3 is 5.73 Å². The third kappa shape index (κ3) is 1.86. The van der Waals surface area contributed by atoms with E-state index in [9.17, 15) is 0 Å². The minimum atomic E-state index is 0.577. The molecule has 1 aromatic heterocycles. The molecule has 3 nitrogen and oxygen atoms in total. The van der Waals surface area contributed by atoms with Crippen LogP contribution in [0.15, 0.2) is 30.5 Å². The lowest BCUT2D eigenvalue weighted by Gasteiger charge is -2.07. The number of hydrogen-bond acceptors (Lipinski definition) is 2. The minimum Gasteiger partial charge on any atom is -0.326 e. The van der Waals surface area contributed by atoms with Gasteiger partial charge in [0.25, 0.3) is 0 Å². The largest absolute Gasteiger partial charge is 0.326 e. The van der Waals surface area contributed by atoms with Crippen LogP contribution in [-0.2, 0) is 13.1 Å². The molecule has 2 aromatic rings. The summed E-state index contributed by atoms with van der Waals surface area (Å²) in [5.41, 5.74) is 10.4. The van der Waals surface area contributed by atoms with E-state index in [4.69, 9.17) is 5.73 Å². The number of nitrogens with zero attached hydrogens (tertiary/aromatic N) is 2. The van der Waals surface area contributed by atoms with Gasteiger partial charge >= 0.3 is 0 Å². The van der Waals surface area contributed by atoms with Crippen LogP contribution in [0, 0.1) is 6.92 Å². The smallest absolute Gasteiger partial charge is 0.0711 e. The Balaban J connectivity index is 2.53. The Morgan fingerprint density at radius 3 is 2.88 bits per heavy atom. The van der Waals surface area contributed by atoms with Gasteiger partial charge in [0.05, 0.1) is 11.9 Å². The van der Waals surface area contributed by atoms with Crippen LogP contribution in [0.1, 0.15) is 18.1 Å². The molecule has 1 aromatic carbocycles. The first-order valence-electron chi connectivity index (χ1n) is 5.58. The van der Waals surface area contributed by atoms with Gasteiger partial charge in [-0.1, -0.05) is 18.2 Å². The van der Waals surface area contributed by atoms with Crippen LogP contribution in [0.25, 0.3) is 11.3 Å². The highest BCUT2D eigenvalue weighted by atomic mass is 15.3. The lowest BCUT2D eigenvalue weighted by Crippen LogP contribution is -2.01. The maximum Gasteiger partial charge on any atom is 0.0711 e. The van der Waals surface area contributed by atoms with Crippen molar-refractivity contribution in [3.05, 3.63) is 41.6 Å². The van der Waals surface area contributed by atoms with E-state index in [0.29, 0.717) is 6.54 Å². The third-order valence-electron chi connectivity index (χ3n) is 2.76. The second-order valence-corrected chi connectivity index (χ2v) is 3.90. The Kier molecular flexibility index (Phi) is 3.06. The topological polar surface area (TPSA) is 43.8 Å².